The minimum Gasteiger partial charge on any atom is -0.368 e. The first-order valence-corrected chi connectivity index (χ1v) is 8.83. The van der Waals surface area contributed by atoms with Gasteiger partial charge in [0.15, 0.2) is 5.16 Å². The van der Waals surface area contributed by atoms with Gasteiger partial charge in [0.2, 0.25) is 0 Å². The van der Waals surface area contributed by atoms with Crippen molar-refractivity contribution in [3.05, 3.63) is 24.1 Å². The second-order valence-electron chi connectivity index (χ2n) is 5.27. The zero-order valence-electron chi connectivity index (χ0n) is 12.7. The summed E-state index contributed by atoms with van der Waals surface area (Å²) < 4.78 is 2.63. The first-order valence-electron chi connectivity index (χ1n) is 7.07. The molecule has 21 heavy (non-hydrogen) atoms. The van der Waals surface area contributed by atoms with E-state index in [0.717, 1.165) is 41.5 Å². The number of rotatable bonds is 11. The van der Waals surface area contributed by atoms with Gasteiger partial charge >= 0.3 is 0 Å². The Kier molecular flexibility index (Phi) is 8.68. The molecule has 0 aliphatic carbocycles. The number of hydrogen-bond donors (Lipinski definition) is 1. The molecular formula is C14H23N4OS2. The number of unbranched alkanes of at least 4 members (excludes halogenated alkanes) is 3. The molecule has 1 aromatic rings. The van der Waals surface area contributed by atoms with E-state index in [1.165, 1.54) is 12.8 Å². The first-order chi connectivity index (χ1) is 10.1. The van der Waals surface area contributed by atoms with Gasteiger partial charge in [-0.05, 0) is 26.3 Å². The van der Waals surface area contributed by atoms with Gasteiger partial charge in [0.25, 0.3) is 0 Å². The molecule has 0 fully saturated rings. The fourth-order valence-electron chi connectivity index (χ4n) is 1.56. The Morgan fingerprint density at radius 1 is 1.38 bits per heavy atom. The van der Waals surface area contributed by atoms with Crippen LogP contribution >= 0.6 is 23.7 Å². The topological polar surface area (TPSA) is 67.2 Å². The summed E-state index contributed by atoms with van der Waals surface area (Å²) in [6.07, 6.45) is 6.31. The maximum atomic E-state index is 10.3. The van der Waals surface area contributed by atoms with Crippen molar-refractivity contribution in [2.24, 2.45) is 4.58 Å². The van der Waals surface area contributed by atoms with Crippen LogP contribution in [0.15, 0.2) is 22.0 Å². The third-order valence-corrected chi connectivity index (χ3v) is 4.40. The molecule has 1 heterocycles. The average molecular weight is 327 g/mol. The molecule has 1 aromatic heterocycles. The van der Waals surface area contributed by atoms with Gasteiger partial charge in [-0.1, -0.05) is 37.9 Å². The molecule has 0 aromatic carbocycles. The predicted octanol–water partition coefficient (Wildman–Crippen LogP) is 4.57. The third-order valence-electron chi connectivity index (χ3n) is 2.74. The Hall–Kier alpha value is -0.820. The normalized spacial score (nSPS) is 11.4. The molecule has 7 heteroatoms. The molecule has 0 saturated carbocycles. The Labute approximate surface area is 135 Å². The fraction of sp³-hybridized carbons (Fsp3) is 0.643. The molecule has 5 nitrogen and oxygen atoms in total. The molecular weight excluding hydrogens is 304 g/mol. The van der Waals surface area contributed by atoms with Gasteiger partial charge in [-0.25, -0.2) is 9.97 Å². The summed E-state index contributed by atoms with van der Waals surface area (Å²) in [6.45, 7) is 8.39. The highest BCUT2D eigenvalue weighted by Gasteiger charge is 2.19. The zero-order chi connectivity index (χ0) is 15.6. The molecule has 0 amide bonds. The van der Waals surface area contributed by atoms with Crippen molar-refractivity contribution >= 4 is 29.5 Å². The van der Waals surface area contributed by atoms with Gasteiger partial charge in [0.1, 0.15) is 5.82 Å². The van der Waals surface area contributed by atoms with Gasteiger partial charge in [0.05, 0.1) is 4.75 Å². The van der Waals surface area contributed by atoms with Crippen LogP contribution in [0.2, 0.25) is 0 Å². The van der Waals surface area contributed by atoms with E-state index < -0.39 is 0 Å². The molecule has 0 aliphatic heterocycles. The van der Waals surface area contributed by atoms with Crippen LogP contribution in [0.25, 0.3) is 0 Å². The van der Waals surface area contributed by atoms with Crippen LogP contribution in [0.4, 0.5) is 5.82 Å². The summed E-state index contributed by atoms with van der Waals surface area (Å²) in [6, 6.07) is 1.84. The third kappa shape index (κ3) is 8.26. The molecule has 0 aliphatic rings. The van der Waals surface area contributed by atoms with Crippen LogP contribution < -0.4 is 5.32 Å². The highest BCUT2D eigenvalue weighted by molar-refractivity contribution is 7.99. The lowest BCUT2D eigenvalue weighted by Crippen LogP contribution is -2.26. The molecule has 0 bridgehead atoms. The molecule has 1 radical (unpaired) electrons. The monoisotopic (exact) mass is 327 g/mol. The van der Waals surface area contributed by atoms with E-state index in [1.807, 2.05) is 19.9 Å². The minimum atomic E-state index is -0.256. The van der Waals surface area contributed by atoms with Crippen molar-refractivity contribution in [1.82, 2.24) is 9.97 Å². The molecule has 1 N–H and O–H groups in total. The van der Waals surface area contributed by atoms with Crippen LogP contribution in [-0.2, 0) is 0 Å². The maximum absolute atomic E-state index is 10.3. The number of thioether (sulfide) groups is 1. The Morgan fingerprint density at radius 3 is 2.90 bits per heavy atom. The van der Waals surface area contributed by atoms with Crippen molar-refractivity contribution < 1.29 is 0 Å². The van der Waals surface area contributed by atoms with Crippen molar-refractivity contribution in [1.29, 1.82) is 0 Å². The molecule has 0 spiro atoms. The summed E-state index contributed by atoms with van der Waals surface area (Å²) in [5, 5.41) is 4.01. The van der Waals surface area contributed by atoms with E-state index in [2.05, 4.69) is 26.8 Å². The number of nitroso groups, excluding NO2 is 1. The van der Waals surface area contributed by atoms with Gasteiger partial charge in [0, 0.05) is 35.0 Å². The number of nitrogens with one attached hydrogen (secondary N) is 1. The van der Waals surface area contributed by atoms with E-state index in [1.54, 1.807) is 18.0 Å². The van der Waals surface area contributed by atoms with E-state index >= 15 is 0 Å². The van der Waals surface area contributed by atoms with Gasteiger partial charge in [-0.3, -0.25) is 0 Å². The predicted molar refractivity (Wildman–Crippen MR) is 92.5 cm³/mol. The fourth-order valence-corrected chi connectivity index (χ4v) is 2.73. The summed E-state index contributed by atoms with van der Waals surface area (Å²) in [5.74, 6) is 1.81. The van der Waals surface area contributed by atoms with Crippen LogP contribution in [0.5, 0.6) is 0 Å². The van der Waals surface area contributed by atoms with Crippen LogP contribution in [0.3, 0.4) is 0 Å². The molecule has 1 rings (SSSR count). The lowest BCUT2D eigenvalue weighted by Gasteiger charge is -2.20. The maximum Gasteiger partial charge on any atom is 0.189 e. The summed E-state index contributed by atoms with van der Waals surface area (Å²) in [4.78, 5) is 19.1. The largest absolute Gasteiger partial charge is 0.368 e. The smallest absolute Gasteiger partial charge is 0.189 e. The Balaban J connectivity index is 2.39. The summed E-state index contributed by atoms with van der Waals surface area (Å²) in [7, 11) is 0. The van der Waals surface area contributed by atoms with Gasteiger partial charge in [-0.2, -0.15) is 0 Å². The number of anilines is 1. The lowest BCUT2D eigenvalue weighted by molar-refractivity contribution is 0.732. The second-order valence-corrected chi connectivity index (χ2v) is 7.77. The van der Waals surface area contributed by atoms with Crippen molar-refractivity contribution in [2.45, 2.75) is 49.4 Å². The second kappa shape index (κ2) is 10.00. The highest BCUT2D eigenvalue weighted by atomic mass is 32.2. The summed E-state index contributed by atoms with van der Waals surface area (Å²) >= 11 is 2.70. The number of hydrogen-bond acceptors (Lipinski definition) is 7. The molecule has 117 valence electrons. The quantitative estimate of drug-likeness (QED) is 0.211. The summed E-state index contributed by atoms with van der Waals surface area (Å²) in [5.41, 5.74) is 0. The van der Waals surface area contributed by atoms with Crippen molar-refractivity contribution in [2.75, 3.05) is 17.6 Å². The Bertz CT molecular complexity index is 429. The standard InChI is InChI=1S/C14H23N4OS2/c1-4-5-6-7-10-20-13-15-9-8-12(17-13)16-11-14(2,3)21-18-19/h8-9H,1,4-7,10-11H2,2-3H3,(H,15,16,17). The number of nitrogens with zero attached hydrogens (tertiary/aromatic N) is 3. The minimum absolute atomic E-state index is 0.256. The van der Waals surface area contributed by atoms with Gasteiger partial charge < -0.3 is 5.32 Å². The van der Waals surface area contributed by atoms with E-state index in [0.29, 0.717) is 6.54 Å². The van der Waals surface area contributed by atoms with Crippen molar-refractivity contribution in [3.63, 3.8) is 0 Å². The van der Waals surface area contributed by atoms with Crippen LogP contribution in [0, 0.1) is 11.8 Å². The van der Waals surface area contributed by atoms with E-state index in [4.69, 9.17) is 0 Å². The number of aromatic nitrogens is 2. The highest BCUT2D eigenvalue weighted by Crippen LogP contribution is 2.25. The SMILES string of the molecule is [CH2]CCCCCSc1nccc(NCC(C)(C)SN=O)n1. The Morgan fingerprint density at radius 2 is 2.19 bits per heavy atom. The van der Waals surface area contributed by atoms with Gasteiger partial charge in [-0.15, -0.1) is 4.91 Å². The zero-order valence-corrected chi connectivity index (χ0v) is 14.3. The van der Waals surface area contributed by atoms with Crippen LogP contribution in [-0.4, -0.2) is 27.0 Å². The molecule has 0 unspecified atom stereocenters. The first kappa shape index (κ1) is 18.2. The van der Waals surface area contributed by atoms with Crippen molar-refractivity contribution in [3.8, 4) is 0 Å². The van der Waals surface area contributed by atoms with E-state index in [-0.39, 0.29) is 4.75 Å². The lowest BCUT2D eigenvalue weighted by atomic mass is 10.2. The average Bonchev–Trinajstić information content (AvgIpc) is 2.46. The molecule has 0 saturated heterocycles. The van der Waals surface area contributed by atoms with E-state index in [9.17, 15) is 4.91 Å². The molecule has 0 atom stereocenters. The van der Waals surface area contributed by atoms with Crippen LogP contribution in [0.1, 0.15) is 39.5 Å².